The van der Waals surface area contributed by atoms with Gasteiger partial charge in [-0.05, 0) is 42.4 Å². The van der Waals surface area contributed by atoms with Gasteiger partial charge in [-0.1, -0.05) is 31.2 Å². The summed E-state index contributed by atoms with van der Waals surface area (Å²) in [5, 5.41) is 12.2. The molecule has 2 aliphatic carbocycles. The number of fused-ring (bicyclic) bond motifs is 2. The number of benzene rings is 1. The van der Waals surface area contributed by atoms with Crippen molar-refractivity contribution >= 4 is 17.6 Å². The minimum atomic E-state index is -0.867. The summed E-state index contributed by atoms with van der Waals surface area (Å²) in [7, 11) is 0. The van der Waals surface area contributed by atoms with Gasteiger partial charge in [0.15, 0.2) is 0 Å². The minimum absolute atomic E-state index is 0.00529. The number of nitrogens with one attached hydrogen (secondary N) is 1. The second-order valence-corrected chi connectivity index (χ2v) is 5.88. The third-order valence-electron chi connectivity index (χ3n) is 4.68. The van der Waals surface area contributed by atoms with Crippen LogP contribution in [-0.2, 0) is 16.0 Å². The number of carbonyl (C=O) groups excluding carboxylic acids is 1. The Morgan fingerprint density at radius 1 is 1.14 bits per heavy atom. The first-order valence-corrected chi connectivity index (χ1v) is 7.41. The number of aliphatic carboxylic acids is 1. The summed E-state index contributed by atoms with van der Waals surface area (Å²) in [6, 6.07) is 7.70. The maximum atomic E-state index is 12.5. The Morgan fingerprint density at radius 2 is 1.76 bits per heavy atom. The third-order valence-corrected chi connectivity index (χ3v) is 4.68. The predicted molar refractivity (Wildman–Crippen MR) is 79.8 cm³/mol. The molecule has 4 heteroatoms. The lowest BCUT2D eigenvalue weighted by Crippen LogP contribution is -2.36. The Kier molecular flexibility index (Phi) is 3.53. The van der Waals surface area contributed by atoms with E-state index in [4.69, 9.17) is 0 Å². The molecule has 1 aromatic rings. The summed E-state index contributed by atoms with van der Waals surface area (Å²) >= 11 is 0. The van der Waals surface area contributed by atoms with Crippen molar-refractivity contribution in [3.8, 4) is 0 Å². The number of carboxylic acids is 1. The highest BCUT2D eigenvalue weighted by atomic mass is 16.4. The SMILES string of the molecule is CCc1ccc(NC(=O)[C@@H]2[C@H](C(=O)O)[C@H]3C=C[C@H]2C3)cc1. The van der Waals surface area contributed by atoms with Gasteiger partial charge in [0.1, 0.15) is 0 Å². The molecule has 4 atom stereocenters. The Hall–Kier alpha value is -2.10. The Labute approximate surface area is 123 Å². The molecule has 2 N–H and O–H groups in total. The molecule has 1 fully saturated rings. The average Bonchev–Trinajstić information content (AvgIpc) is 3.08. The van der Waals surface area contributed by atoms with Gasteiger partial charge >= 0.3 is 5.97 Å². The van der Waals surface area contributed by atoms with Gasteiger partial charge in [0.2, 0.25) is 5.91 Å². The normalized spacial score (nSPS) is 29.6. The van der Waals surface area contributed by atoms with E-state index in [1.54, 1.807) is 0 Å². The lowest BCUT2D eigenvalue weighted by atomic mass is 9.82. The van der Waals surface area contributed by atoms with Crippen LogP contribution in [0.5, 0.6) is 0 Å². The van der Waals surface area contributed by atoms with Gasteiger partial charge in [-0.3, -0.25) is 9.59 Å². The van der Waals surface area contributed by atoms with Crippen molar-refractivity contribution in [2.24, 2.45) is 23.7 Å². The van der Waals surface area contributed by atoms with Crippen molar-refractivity contribution in [3.63, 3.8) is 0 Å². The fourth-order valence-electron chi connectivity index (χ4n) is 3.57. The van der Waals surface area contributed by atoms with E-state index in [9.17, 15) is 14.7 Å². The second-order valence-electron chi connectivity index (χ2n) is 5.88. The number of allylic oxidation sites excluding steroid dienone is 2. The first-order chi connectivity index (χ1) is 10.1. The van der Waals surface area contributed by atoms with E-state index in [1.165, 1.54) is 5.56 Å². The van der Waals surface area contributed by atoms with E-state index >= 15 is 0 Å². The average molecular weight is 285 g/mol. The lowest BCUT2D eigenvalue weighted by molar-refractivity contribution is -0.146. The largest absolute Gasteiger partial charge is 0.481 e. The molecule has 3 rings (SSSR count). The van der Waals surface area contributed by atoms with Gasteiger partial charge in [-0.15, -0.1) is 0 Å². The summed E-state index contributed by atoms with van der Waals surface area (Å²) in [4.78, 5) is 23.9. The fourth-order valence-corrected chi connectivity index (χ4v) is 3.57. The van der Waals surface area contributed by atoms with Crippen LogP contribution in [0.15, 0.2) is 36.4 Å². The van der Waals surface area contributed by atoms with E-state index in [2.05, 4.69) is 12.2 Å². The van der Waals surface area contributed by atoms with Crippen molar-refractivity contribution < 1.29 is 14.7 Å². The molecule has 110 valence electrons. The van der Waals surface area contributed by atoms with Gasteiger partial charge in [0.05, 0.1) is 11.8 Å². The quantitative estimate of drug-likeness (QED) is 0.836. The van der Waals surface area contributed by atoms with Crippen LogP contribution < -0.4 is 5.32 Å². The van der Waals surface area contributed by atoms with Crippen LogP contribution in [0, 0.1) is 23.7 Å². The van der Waals surface area contributed by atoms with E-state index in [0.717, 1.165) is 18.5 Å². The number of anilines is 1. The number of aryl methyl sites for hydroxylation is 1. The maximum Gasteiger partial charge on any atom is 0.307 e. The summed E-state index contributed by atoms with van der Waals surface area (Å²) in [6.07, 6.45) is 5.67. The van der Waals surface area contributed by atoms with Crippen molar-refractivity contribution in [1.29, 1.82) is 0 Å². The first kappa shape index (κ1) is 13.9. The molecular formula is C17H19NO3. The zero-order chi connectivity index (χ0) is 15.0. The monoisotopic (exact) mass is 285 g/mol. The van der Waals surface area contributed by atoms with Crippen molar-refractivity contribution in [2.75, 3.05) is 5.32 Å². The third kappa shape index (κ3) is 2.46. The van der Waals surface area contributed by atoms with Gasteiger partial charge in [0, 0.05) is 5.69 Å². The summed E-state index contributed by atoms with van der Waals surface area (Å²) in [5.74, 6) is -2.02. The van der Waals surface area contributed by atoms with Crippen LogP contribution in [0.3, 0.4) is 0 Å². The molecule has 0 unspecified atom stereocenters. The molecule has 0 aromatic heterocycles. The number of carbonyl (C=O) groups is 2. The molecular weight excluding hydrogens is 266 g/mol. The van der Waals surface area contributed by atoms with E-state index in [-0.39, 0.29) is 17.7 Å². The summed E-state index contributed by atoms with van der Waals surface area (Å²) < 4.78 is 0. The van der Waals surface area contributed by atoms with Crippen LogP contribution in [0.25, 0.3) is 0 Å². The molecule has 21 heavy (non-hydrogen) atoms. The molecule has 0 radical (unpaired) electrons. The molecule has 0 heterocycles. The zero-order valence-corrected chi connectivity index (χ0v) is 12.0. The van der Waals surface area contributed by atoms with Crippen LogP contribution in [0.2, 0.25) is 0 Å². The fraction of sp³-hybridized carbons (Fsp3) is 0.412. The van der Waals surface area contributed by atoms with Crippen LogP contribution >= 0.6 is 0 Å². The van der Waals surface area contributed by atoms with E-state index < -0.39 is 17.8 Å². The van der Waals surface area contributed by atoms with Crippen molar-refractivity contribution in [3.05, 3.63) is 42.0 Å². The first-order valence-electron chi connectivity index (χ1n) is 7.41. The second kappa shape index (κ2) is 5.35. The molecule has 2 bridgehead atoms. The van der Waals surface area contributed by atoms with Crippen molar-refractivity contribution in [2.45, 2.75) is 19.8 Å². The van der Waals surface area contributed by atoms with Crippen LogP contribution in [-0.4, -0.2) is 17.0 Å². The molecule has 2 aliphatic rings. The standard InChI is InChI=1S/C17H19NO3/c1-2-10-3-7-13(8-4-10)18-16(19)14-11-5-6-12(9-11)15(14)17(20)21/h3-8,11-12,14-15H,2,9H2,1H3,(H,18,19)(H,20,21)/t11-,12-,14-,15+/m0/s1. The van der Waals surface area contributed by atoms with Gasteiger partial charge < -0.3 is 10.4 Å². The maximum absolute atomic E-state index is 12.5. The van der Waals surface area contributed by atoms with Crippen molar-refractivity contribution in [1.82, 2.24) is 0 Å². The zero-order valence-electron chi connectivity index (χ0n) is 12.0. The molecule has 0 aliphatic heterocycles. The van der Waals surface area contributed by atoms with Crippen LogP contribution in [0.4, 0.5) is 5.69 Å². The summed E-state index contributed by atoms with van der Waals surface area (Å²) in [6.45, 7) is 2.08. The number of hydrogen-bond acceptors (Lipinski definition) is 2. The van der Waals surface area contributed by atoms with Gasteiger partial charge in [-0.25, -0.2) is 0 Å². The topological polar surface area (TPSA) is 66.4 Å². The highest BCUT2D eigenvalue weighted by Crippen LogP contribution is 2.48. The molecule has 1 aromatic carbocycles. The smallest absolute Gasteiger partial charge is 0.307 e. The highest BCUT2D eigenvalue weighted by Gasteiger charge is 2.51. The Bertz CT molecular complexity index is 591. The molecule has 0 spiro atoms. The van der Waals surface area contributed by atoms with Crippen LogP contribution in [0.1, 0.15) is 18.9 Å². The van der Waals surface area contributed by atoms with E-state index in [0.29, 0.717) is 0 Å². The molecule has 4 nitrogen and oxygen atoms in total. The lowest BCUT2D eigenvalue weighted by Gasteiger charge is -2.23. The Morgan fingerprint density at radius 3 is 2.33 bits per heavy atom. The van der Waals surface area contributed by atoms with Gasteiger partial charge in [0.25, 0.3) is 0 Å². The predicted octanol–water partition coefficient (Wildman–Crippen LogP) is 2.71. The van der Waals surface area contributed by atoms with E-state index in [1.807, 2.05) is 36.4 Å². The van der Waals surface area contributed by atoms with Gasteiger partial charge in [-0.2, -0.15) is 0 Å². The number of carboxylic acid groups (broad SMARTS) is 1. The highest BCUT2D eigenvalue weighted by molar-refractivity contribution is 5.96. The summed E-state index contributed by atoms with van der Waals surface area (Å²) in [5.41, 5.74) is 1.94. The number of hydrogen-bond donors (Lipinski definition) is 2. The molecule has 1 amide bonds. The minimum Gasteiger partial charge on any atom is -0.481 e. The molecule has 1 saturated carbocycles. The number of rotatable bonds is 4. The number of amides is 1. The molecule has 0 saturated heterocycles. The Balaban J connectivity index is 1.75.